The van der Waals surface area contributed by atoms with Gasteiger partial charge < -0.3 is 11.1 Å². The van der Waals surface area contributed by atoms with Crippen LogP contribution in [0.25, 0.3) is 21.3 Å². The smallest absolute Gasteiger partial charge is 0.280 e. The topological polar surface area (TPSA) is 139 Å². The van der Waals surface area contributed by atoms with Crippen LogP contribution in [-0.2, 0) is 13.7 Å². The zero-order valence-corrected chi connectivity index (χ0v) is 19.8. The molecule has 0 saturated heterocycles. The fourth-order valence-corrected chi connectivity index (χ4v) is 4.88. The minimum atomic E-state index is -2.85. The Bertz CT molecular complexity index is 1600. The van der Waals surface area contributed by atoms with Gasteiger partial charge in [-0.3, -0.25) is 23.6 Å². The molecule has 0 unspecified atom stereocenters. The second-order valence-corrected chi connectivity index (χ2v) is 8.93. The number of carbonyl (C=O) groups is 2. The zero-order chi connectivity index (χ0) is 25.6. The quantitative estimate of drug-likeness (QED) is 0.344. The van der Waals surface area contributed by atoms with Gasteiger partial charge in [-0.25, -0.2) is 13.8 Å². The van der Waals surface area contributed by atoms with Gasteiger partial charge in [0.2, 0.25) is 0 Å². The van der Waals surface area contributed by atoms with Crippen molar-refractivity contribution in [3.8, 4) is 11.1 Å². The molecule has 0 spiro atoms. The first kappa shape index (κ1) is 23.3. The molecule has 0 aliphatic rings. The molecule has 0 atom stereocenters. The molecule has 0 fully saturated rings. The Balaban J connectivity index is 1.61. The molecule has 0 bridgehead atoms. The maximum Gasteiger partial charge on any atom is 0.280 e. The Morgan fingerprint density at radius 2 is 2.00 bits per heavy atom. The largest absolute Gasteiger partial charge is 0.365 e. The molecule has 0 aromatic carbocycles. The first-order valence-electron chi connectivity index (χ1n) is 10.6. The number of alkyl halides is 2. The van der Waals surface area contributed by atoms with Crippen LogP contribution in [-0.4, -0.2) is 46.1 Å². The Hall–Kier alpha value is -4.46. The Morgan fingerprint density at radius 1 is 1.19 bits per heavy atom. The summed E-state index contributed by atoms with van der Waals surface area (Å²) >= 11 is 0.832. The van der Waals surface area contributed by atoms with Crippen LogP contribution in [0.5, 0.6) is 0 Å². The molecular weight excluding hydrogens is 492 g/mol. The second kappa shape index (κ2) is 8.96. The average molecular weight is 512 g/mol. The summed E-state index contributed by atoms with van der Waals surface area (Å²) in [6, 6.07) is 4.51. The Labute approximate surface area is 206 Å². The van der Waals surface area contributed by atoms with E-state index in [1.807, 2.05) is 0 Å². The zero-order valence-electron chi connectivity index (χ0n) is 19.0. The van der Waals surface area contributed by atoms with Crippen molar-refractivity contribution >= 4 is 39.1 Å². The molecule has 5 aromatic rings. The van der Waals surface area contributed by atoms with E-state index in [4.69, 9.17) is 5.73 Å². The number of primary amides is 1. The van der Waals surface area contributed by atoms with Crippen LogP contribution in [0.3, 0.4) is 0 Å². The van der Waals surface area contributed by atoms with Gasteiger partial charge >= 0.3 is 0 Å². The van der Waals surface area contributed by atoms with E-state index in [0.717, 1.165) is 11.3 Å². The van der Waals surface area contributed by atoms with Crippen LogP contribution in [0.4, 0.5) is 14.5 Å². The molecule has 184 valence electrons. The summed E-state index contributed by atoms with van der Waals surface area (Å²) in [5.74, 6) is -1.44. The fourth-order valence-electron chi connectivity index (χ4n) is 3.87. The number of thiophene rings is 1. The number of hydrogen-bond acceptors (Lipinski definition) is 7. The van der Waals surface area contributed by atoms with Crippen LogP contribution < -0.4 is 11.1 Å². The van der Waals surface area contributed by atoms with Gasteiger partial charge in [0.15, 0.2) is 5.69 Å². The molecule has 11 nitrogen and oxygen atoms in total. The van der Waals surface area contributed by atoms with Crippen molar-refractivity contribution in [1.29, 1.82) is 0 Å². The van der Waals surface area contributed by atoms with Crippen molar-refractivity contribution in [3.63, 3.8) is 0 Å². The van der Waals surface area contributed by atoms with Crippen LogP contribution >= 0.6 is 11.3 Å². The Kier molecular flexibility index (Phi) is 5.80. The number of fused-ring (bicyclic) bond motifs is 1. The molecule has 3 N–H and O–H groups in total. The van der Waals surface area contributed by atoms with Gasteiger partial charge in [-0.05, 0) is 30.7 Å². The van der Waals surface area contributed by atoms with Crippen molar-refractivity contribution in [2.24, 2.45) is 12.8 Å². The molecule has 0 aliphatic carbocycles. The number of nitrogens with two attached hydrogens (primary N) is 1. The number of amides is 2. The molecule has 2 amide bonds. The van der Waals surface area contributed by atoms with Gasteiger partial charge in [0, 0.05) is 42.8 Å². The lowest BCUT2D eigenvalue weighted by Crippen LogP contribution is -2.18. The summed E-state index contributed by atoms with van der Waals surface area (Å²) in [6.07, 6.45) is 3.81. The minimum absolute atomic E-state index is 0.0176. The molecule has 5 aromatic heterocycles. The summed E-state index contributed by atoms with van der Waals surface area (Å²) in [5, 5.41) is 15.7. The van der Waals surface area contributed by atoms with Crippen LogP contribution in [0, 0.1) is 6.92 Å². The van der Waals surface area contributed by atoms with Crippen molar-refractivity contribution in [1.82, 2.24) is 34.3 Å². The fraction of sp³-hybridized carbons (Fsp3) is 0.182. The third kappa shape index (κ3) is 4.22. The highest BCUT2D eigenvalue weighted by molar-refractivity contribution is 7.21. The SMILES string of the molecule is Cc1nn(C)cc1-c1cc(C(F)F)nc2sc(C(N)=O)c(NC(=O)c3ccn(Cn4cccn4)n3)c12. The number of halogens is 2. The monoisotopic (exact) mass is 511 g/mol. The van der Waals surface area contributed by atoms with E-state index in [-0.39, 0.29) is 21.1 Å². The summed E-state index contributed by atoms with van der Waals surface area (Å²) in [5.41, 5.74) is 6.77. The summed E-state index contributed by atoms with van der Waals surface area (Å²) < 4.78 is 32.0. The predicted octanol–water partition coefficient (Wildman–Crippen LogP) is 3.19. The normalized spacial score (nSPS) is 11.5. The molecule has 36 heavy (non-hydrogen) atoms. The maximum atomic E-state index is 13.7. The molecule has 0 radical (unpaired) electrons. The average Bonchev–Trinajstić information content (AvgIpc) is 3.61. The highest BCUT2D eigenvalue weighted by Crippen LogP contribution is 2.43. The summed E-state index contributed by atoms with van der Waals surface area (Å²) in [4.78, 5) is 29.6. The van der Waals surface area contributed by atoms with Gasteiger partial charge in [-0.1, -0.05) is 0 Å². The van der Waals surface area contributed by atoms with Crippen LogP contribution in [0.2, 0.25) is 0 Å². The standard InChI is InChI=1S/C22H19F2N9O2S/c1-11-13(9-31(2)29-11)12-8-15(19(23)24)27-22-16(12)17(18(36-22)20(25)34)28-21(35)14-4-7-33(30-14)10-32-6-3-5-26-32/h3-9,19H,10H2,1-2H3,(H2,25,34)(H,28,35). The van der Waals surface area contributed by atoms with Gasteiger partial charge in [0.05, 0.1) is 11.4 Å². The van der Waals surface area contributed by atoms with Crippen LogP contribution in [0.1, 0.15) is 38.0 Å². The lowest BCUT2D eigenvalue weighted by Gasteiger charge is -2.10. The van der Waals surface area contributed by atoms with Crippen molar-refractivity contribution < 1.29 is 18.4 Å². The number of nitrogens with one attached hydrogen (secondary N) is 1. The van der Waals surface area contributed by atoms with Gasteiger partial charge in [0.25, 0.3) is 18.2 Å². The number of carbonyl (C=O) groups excluding carboxylic acids is 2. The first-order valence-corrected chi connectivity index (χ1v) is 11.4. The highest BCUT2D eigenvalue weighted by Gasteiger charge is 2.26. The van der Waals surface area contributed by atoms with E-state index in [1.54, 1.807) is 54.2 Å². The van der Waals surface area contributed by atoms with Gasteiger partial charge in [-0.2, -0.15) is 15.3 Å². The third-order valence-electron chi connectivity index (χ3n) is 5.39. The number of aromatic nitrogens is 7. The van der Waals surface area contributed by atoms with E-state index in [0.29, 0.717) is 28.9 Å². The van der Waals surface area contributed by atoms with Crippen LogP contribution in [0.15, 0.2) is 43.0 Å². The predicted molar refractivity (Wildman–Crippen MR) is 128 cm³/mol. The number of nitrogens with zero attached hydrogens (tertiary/aromatic N) is 7. The molecule has 5 heterocycles. The molecule has 0 aliphatic heterocycles. The number of hydrogen-bond donors (Lipinski definition) is 2. The highest BCUT2D eigenvalue weighted by atomic mass is 32.1. The third-order valence-corrected chi connectivity index (χ3v) is 6.49. The molecule has 14 heteroatoms. The van der Waals surface area contributed by atoms with E-state index < -0.39 is 23.9 Å². The Morgan fingerprint density at radius 3 is 2.64 bits per heavy atom. The number of rotatable bonds is 7. The number of anilines is 1. The lowest BCUT2D eigenvalue weighted by molar-refractivity contribution is 0.100. The number of aryl methyl sites for hydroxylation is 2. The van der Waals surface area contributed by atoms with E-state index in [2.05, 4.69) is 25.6 Å². The van der Waals surface area contributed by atoms with Gasteiger partial charge in [0.1, 0.15) is 22.1 Å². The van der Waals surface area contributed by atoms with E-state index >= 15 is 0 Å². The van der Waals surface area contributed by atoms with Crippen molar-refractivity contribution in [2.45, 2.75) is 20.0 Å². The van der Waals surface area contributed by atoms with E-state index in [1.165, 1.54) is 16.8 Å². The van der Waals surface area contributed by atoms with Gasteiger partial charge in [-0.15, -0.1) is 11.3 Å². The first-order chi connectivity index (χ1) is 17.2. The number of pyridine rings is 1. The lowest BCUT2D eigenvalue weighted by atomic mass is 10.0. The van der Waals surface area contributed by atoms with E-state index in [9.17, 15) is 18.4 Å². The van der Waals surface area contributed by atoms with Crippen molar-refractivity contribution in [3.05, 3.63) is 64.9 Å². The molecule has 5 rings (SSSR count). The minimum Gasteiger partial charge on any atom is -0.365 e. The van der Waals surface area contributed by atoms with Crippen molar-refractivity contribution in [2.75, 3.05) is 5.32 Å². The summed E-state index contributed by atoms with van der Waals surface area (Å²) in [6.45, 7) is 2.02. The second-order valence-electron chi connectivity index (χ2n) is 7.93. The maximum absolute atomic E-state index is 13.7. The summed E-state index contributed by atoms with van der Waals surface area (Å²) in [7, 11) is 1.70. The molecular formula is C22H19F2N9O2S. The molecule has 0 saturated carbocycles.